The fourth-order valence-electron chi connectivity index (χ4n) is 10.1. The molecule has 4 saturated carbocycles. The molecule has 4 fully saturated rings. The van der Waals surface area contributed by atoms with Crippen molar-refractivity contribution in [2.45, 2.75) is 91.3 Å². The van der Waals surface area contributed by atoms with Crippen molar-refractivity contribution in [2.75, 3.05) is 6.61 Å². The molecule has 0 aromatic heterocycles. The summed E-state index contributed by atoms with van der Waals surface area (Å²) in [5.74, 6) is 1.28. The lowest BCUT2D eigenvalue weighted by Crippen LogP contribution is -2.51. The van der Waals surface area contributed by atoms with Gasteiger partial charge in [0.25, 0.3) is 0 Å². The molecule has 5 aliphatic carbocycles. The first kappa shape index (κ1) is 27.4. The zero-order valence-corrected chi connectivity index (χ0v) is 23.6. The molecular weight excluding hydrogens is 478 g/mol. The van der Waals surface area contributed by atoms with Crippen LogP contribution in [0.5, 0.6) is 0 Å². The normalized spacial score (nSPS) is 42.0. The molecule has 0 aromatic rings. The smallest absolute Gasteiger partial charge is 0.302 e. The molecule has 0 aliphatic heterocycles. The van der Waals surface area contributed by atoms with Crippen LogP contribution in [0.15, 0.2) is 36.6 Å². The lowest BCUT2D eigenvalue weighted by atomic mass is 9.49. The first-order chi connectivity index (χ1) is 17.9. The van der Waals surface area contributed by atoms with Crippen LogP contribution in [0.2, 0.25) is 0 Å². The summed E-state index contributed by atoms with van der Waals surface area (Å²) in [4.78, 5) is 25.8. The number of aliphatic hydroxyl groups excluding tert-OH is 1. The first-order valence-corrected chi connectivity index (χ1v) is 14.5. The van der Waals surface area contributed by atoms with Gasteiger partial charge in [0.05, 0.1) is 5.76 Å². The van der Waals surface area contributed by atoms with Crippen LogP contribution in [0.4, 0.5) is 0 Å². The third-order valence-corrected chi connectivity index (χ3v) is 11.5. The average molecular weight is 524 g/mol. The van der Waals surface area contributed by atoms with Crippen molar-refractivity contribution in [2.24, 2.45) is 45.8 Å². The summed E-state index contributed by atoms with van der Waals surface area (Å²) in [7, 11) is 0. The summed E-state index contributed by atoms with van der Waals surface area (Å²) in [6.07, 6.45) is 11.1. The number of ketones is 1. The molecule has 5 aliphatic rings. The molecule has 0 radical (unpaired) electrons. The predicted molar refractivity (Wildman–Crippen MR) is 146 cm³/mol. The predicted octanol–water partition coefficient (Wildman–Crippen LogP) is 5.80. The first-order valence-electron chi connectivity index (χ1n) is 14.5. The van der Waals surface area contributed by atoms with Gasteiger partial charge in [-0.15, -0.1) is 0 Å². The van der Waals surface area contributed by atoms with E-state index in [9.17, 15) is 14.7 Å². The summed E-state index contributed by atoms with van der Waals surface area (Å²) < 4.78 is 12.1. The van der Waals surface area contributed by atoms with Crippen molar-refractivity contribution >= 4 is 17.5 Å². The van der Waals surface area contributed by atoms with Crippen LogP contribution >= 0.6 is 0 Å². The number of carbonyl (C=O) groups is 2. The fourth-order valence-corrected chi connectivity index (χ4v) is 10.1. The quantitative estimate of drug-likeness (QED) is 0.226. The third-order valence-electron chi connectivity index (χ3n) is 11.5. The van der Waals surface area contributed by atoms with E-state index in [1.165, 1.54) is 19.8 Å². The largest absolute Gasteiger partial charge is 0.487 e. The lowest BCUT2D eigenvalue weighted by molar-refractivity contribution is -0.153. The number of hydrogen-bond acceptors (Lipinski definition) is 6. The number of fused-ring (bicyclic) bond motifs is 2. The highest BCUT2D eigenvalue weighted by atomic mass is 16.5. The highest BCUT2D eigenvalue weighted by Crippen LogP contribution is 2.84. The van der Waals surface area contributed by atoms with Gasteiger partial charge in [-0.05, 0) is 104 Å². The Hall–Kier alpha value is -2.21. The van der Waals surface area contributed by atoms with Crippen molar-refractivity contribution in [1.29, 1.82) is 5.41 Å². The molecule has 6 nitrogen and oxygen atoms in total. The Balaban J connectivity index is 1.49. The molecular formula is C32H45NO5. The minimum Gasteiger partial charge on any atom is -0.487 e. The van der Waals surface area contributed by atoms with Gasteiger partial charge in [-0.25, -0.2) is 0 Å². The molecule has 38 heavy (non-hydrogen) atoms. The molecule has 0 amide bonds. The van der Waals surface area contributed by atoms with Gasteiger partial charge in [0.1, 0.15) is 6.10 Å². The Morgan fingerprint density at radius 1 is 1.21 bits per heavy atom. The number of hydrogen-bond donors (Lipinski definition) is 2. The van der Waals surface area contributed by atoms with Crippen LogP contribution < -0.4 is 0 Å². The summed E-state index contributed by atoms with van der Waals surface area (Å²) in [6, 6.07) is 0. The lowest BCUT2D eigenvalue weighted by Gasteiger charge is -2.55. The highest BCUT2D eigenvalue weighted by Gasteiger charge is 2.78. The molecule has 0 heterocycles. The molecule has 5 rings (SSSR count). The Kier molecular flexibility index (Phi) is 6.81. The summed E-state index contributed by atoms with van der Waals surface area (Å²) in [6.45, 7) is 15.4. The molecule has 0 aromatic carbocycles. The van der Waals surface area contributed by atoms with Crippen molar-refractivity contribution in [1.82, 2.24) is 0 Å². The number of rotatable bonds is 9. The van der Waals surface area contributed by atoms with Gasteiger partial charge >= 0.3 is 5.97 Å². The number of aliphatic hydroxyl groups is 1. The second-order valence-corrected chi connectivity index (χ2v) is 13.4. The zero-order valence-electron chi connectivity index (χ0n) is 23.6. The van der Waals surface area contributed by atoms with Gasteiger partial charge in [0, 0.05) is 31.1 Å². The maximum absolute atomic E-state index is 13.5. The van der Waals surface area contributed by atoms with Gasteiger partial charge in [0.2, 0.25) is 0 Å². The highest BCUT2D eigenvalue weighted by molar-refractivity contribution is 5.98. The van der Waals surface area contributed by atoms with E-state index in [1.54, 1.807) is 6.92 Å². The summed E-state index contributed by atoms with van der Waals surface area (Å²) in [5.41, 5.74) is 1.57. The third kappa shape index (κ3) is 3.96. The van der Waals surface area contributed by atoms with Crippen molar-refractivity contribution in [3.05, 3.63) is 36.6 Å². The van der Waals surface area contributed by atoms with E-state index in [4.69, 9.17) is 14.9 Å². The Bertz CT molecular complexity index is 1090. The van der Waals surface area contributed by atoms with Crippen LogP contribution in [-0.4, -0.2) is 41.4 Å². The van der Waals surface area contributed by atoms with E-state index in [0.29, 0.717) is 34.5 Å². The van der Waals surface area contributed by atoms with E-state index >= 15 is 0 Å². The van der Waals surface area contributed by atoms with Crippen molar-refractivity contribution < 1.29 is 24.2 Å². The van der Waals surface area contributed by atoms with Gasteiger partial charge in [-0.3, -0.25) is 9.59 Å². The van der Waals surface area contributed by atoms with E-state index < -0.39 is 6.10 Å². The summed E-state index contributed by atoms with van der Waals surface area (Å²) in [5, 5.41) is 17.7. The maximum Gasteiger partial charge on any atom is 0.302 e. The zero-order chi connectivity index (χ0) is 27.6. The van der Waals surface area contributed by atoms with Crippen LogP contribution in [0, 0.1) is 51.2 Å². The van der Waals surface area contributed by atoms with Crippen LogP contribution in [0.1, 0.15) is 79.1 Å². The van der Waals surface area contributed by atoms with E-state index in [0.717, 1.165) is 37.8 Å². The standard InChI is InChI=1S/C32H45NO5/c1-18(2)37-29(28(36)19(3)10-14-34)20(4)27-26(38-21(5)35)16-25-24-8-7-22-15-23(33)9-11-31(22)17-32(24,31)13-12-30(25,27)6/h9,11,20,22,24-27,29,33-34H,1,3,7-8,10,12-17H2,2,4-6H3. The van der Waals surface area contributed by atoms with Gasteiger partial charge in [-0.2, -0.15) is 0 Å². The van der Waals surface area contributed by atoms with Crippen LogP contribution in [0.3, 0.4) is 0 Å². The number of allylic oxidation sites excluding steroid dienone is 3. The number of ether oxygens (including phenoxy) is 2. The minimum absolute atomic E-state index is 0.0357. The van der Waals surface area contributed by atoms with Crippen LogP contribution in [-0.2, 0) is 19.1 Å². The molecule has 2 spiro atoms. The monoisotopic (exact) mass is 523 g/mol. The van der Waals surface area contributed by atoms with E-state index in [1.807, 2.05) is 0 Å². The maximum atomic E-state index is 13.5. The van der Waals surface area contributed by atoms with Crippen molar-refractivity contribution in [3.63, 3.8) is 0 Å². The van der Waals surface area contributed by atoms with Gasteiger partial charge < -0.3 is 20.0 Å². The topological polar surface area (TPSA) is 96.7 Å². The molecule has 0 bridgehead atoms. The molecule has 6 heteroatoms. The molecule has 10 atom stereocenters. The SMILES string of the molecule is C=C(C)OC(C(=O)C(=C)CCO)C(C)C1C(OC(C)=O)CC2C3CCC4CC(=N)C=CC45CC35CCC21C. The van der Waals surface area contributed by atoms with Crippen LogP contribution in [0.25, 0.3) is 0 Å². The summed E-state index contributed by atoms with van der Waals surface area (Å²) >= 11 is 0. The molecule has 10 unspecified atom stereocenters. The molecule has 0 saturated heterocycles. The molecule has 2 N–H and O–H groups in total. The Labute approximate surface area is 227 Å². The van der Waals surface area contributed by atoms with E-state index in [2.05, 4.69) is 39.2 Å². The second-order valence-electron chi connectivity index (χ2n) is 13.4. The average Bonchev–Trinajstić information content (AvgIpc) is 3.42. The second kappa shape index (κ2) is 9.46. The number of esters is 1. The van der Waals surface area contributed by atoms with Gasteiger partial charge in [-0.1, -0.05) is 33.1 Å². The number of carbonyl (C=O) groups excluding carboxylic acids is 2. The Morgan fingerprint density at radius 3 is 2.61 bits per heavy atom. The molecule has 208 valence electrons. The van der Waals surface area contributed by atoms with Gasteiger partial charge in [0.15, 0.2) is 11.9 Å². The number of Topliss-reactive ketones (excluding diaryl/α,β-unsaturated/α-hetero) is 1. The van der Waals surface area contributed by atoms with Crippen molar-refractivity contribution in [3.8, 4) is 0 Å². The van der Waals surface area contributed by atoms with E-state index in [-0.39, 0.29) is 53.6 Å². The Morgan fingerprint density at radius 2 is 1.95 bits per heavy atom. The fraction of sp³-hybridized carbons (Fsp3) is 0.719. The number of nitrogens with one attached hydrogen (secondary N) is 1. The minimum atomic E-state index is -0.781.